The first-order valence-electron chi connectivity index (χ1n) is 11.6. The molecule has 5 rings (SSSR count). The molecule has 1 aliphatic carbocycles. The number of nitrogens with two attached hydrogens (primary N) is 1. The average Bonchev–Trinajstić information content (AvgIpc) is 3.34. The number of carbonyl (C=O) groups excluding carboxylic acids is 1. The lowest BCUT2D eigenvalue weighted by atomic mass is 9.99. The minimum Gasteiger partial charge on any atom is -0.475 e. The number of aromatic nitrogens is 3. The fraction of sp³-hybridized carbons (Fsp3) is 0.591. The van der Waals surface area contributed by atoms with Gasteiger partial charge in [-0.25, -0.2) is 18.8 Å². The molecule has 3 N–H and O–H groups in total. The number of hydrogen-bond acceptors (Lipinski definition) is 6. The van der Waals surface area contributed by atoms with Crippen LogP contribution >= 0.6 is 0 Å². The maximum atomic E-state index is 13.3. The Balaban J connectivity index is 1.41. The summed E-state index contributed by atoms with van der Waals surface area (Å²) < 4.78 is 24.7. The number of hydrogen-bond donors (Lipinski definition) is 2. The highest BCUT2D eigenvalue weighted by molar-refractivity contribution is 7.91. The first kappa shape index (κ1) is 22.3. The van der Waals surface area contributed by atoms with E-state index >= 15 is 0 Å². The molecule has 2 aromatic rings. The summed E-state index contributed by atoms with van der Waals surface area (Å²) in [7, 11) is -3.54. The molecule has 1 fully saturated rings. The molecule has 2 aliphatic heterocycles. The first-order chi connectivity index (χ1) is 15.7. The van der Waals surface area contributed by atoms with Gasteiger partial charge in [-0.3, -0.25) is 9.88 Å². The highest BCUT2D eigenvalue weighted by atomic mass is 32.2. The van der Waals surface area contributed by atoms with Crippen LogP contribution in [0.1, 0.15) is 55.1 Å². The Hall–Kier alpha value is -2.50. The van der Waals surface area contributed by atoms with Crippen LogP contribution in [-0.2, 0) is 29.3 Å². The third kappa shape index (κ3) is 4.02. The van der Waals surface area contributed by atoms with Gasteiger partial charge in [0.25, 0.3) is 0 Å². The molecule has 3 aliphatic rings. The predicted octanol–water partition coefficient (Wildman–Crippen LogP) is 2.60. The Morgan fingerprint density at radius 3 is 2.82 bits per heavy atom. The minimum absolute atomic E-state index is 0.152. The van der Waals surface area contributed by atoms with Gasteiger partial charge in [-0.05, 0) is 62.7 Å². The number of carbonyl (C=O) groups is 1. The van der Waals surface area contributed by atoms with Gasteiger partial charge in [-0.1, -0.05) is 13.8 Å². The molecule has 0 spiro atoms. The third-order valence-corrected chi connectivity index (χ3v) is 8.13. The van der Waals surface area contributed by atoms with Crippen molar-refractivity contribution in [3.63, 3.8) is 0 Å². The number of amides is 2. The van der Waals surface area contributed by atoms with Crippen molar-refractivity contribution in [1.82, 2.24) is 19.7 Å². The molecule has 2 unspecified atom stereocenters. The minimum atomic E-state index is -3.54. The molecule has 0 aromatic carbocycles. The van der Waals surface area contributed by atoms with E-state index in [1.807, 2.05) is 6.92 Å². The molecular weight excluding hydrogens is 442 g/mol. The number of nitrogens with one attached hydrogen (secondary N) is 1. The molecule has 11 heteroatoms. The highest BCUT2D eigenvalue weighted by Gasteiger charge is 2.33. The average molecular weight is 474 g/mol. The summed E-state index contributed by atoms with van der Waals surface area (Å²) in [5.41, 5.74) is 4.64. The van der Waals surface area contributed by atoms with Gasteiger partial charge >= 0.3 is 6.03 Å². The van der Waals surface area contributed by atoms with Crippen LogP contribution in [-0.4, -0.2) is 55.6 Å². The van der Waals surface area contributed by atoms with Crippen molar-refractivity contribution >= 4 is 21.6 Å². The molecule has 178 valence electrons. The van der Waals surface area contributed by atoms with Gasteiger partial charge in [-0.15, -0.1) is 4.36 Å². The van der Waals surface area contributed by atoms with E-state index in [2.05, 4.69) is 33.5 Å². The number of fused-ring (bicyclic) bond motifs is 2. The van der Waals surface area contributed by atoms with Gasteiger partial charge in [0.2, 0.25) is 5.88 Å². The number of likely N-dealkylation sites (tertiary alicyclic amines) is 1. The quantitative estimate of drug-likeness (QED) is 0.703. The molecule has 2 aromatic heterocycles. The van der Waals surface area contributed by atoms with Crippen molar-refractivity contribution < 1.29 is 13.7 Å². The van der Waals surface area contributed by atoms with E-state index in [4.69, 9.17) is 14.9 Å². The van der Waals surface area contributed by atoms with Crippen LogP contribution in [0.4, 0.5) is 10.5 Å². The summed E-state index contributed by atoms with van der Waals surface area (Å²) in [5, 5.41) is 13.2. The van der Waals surface area contributed by atoms with E-state index < -0.39 is 15.9 Å². The SMILES string of the molecule is Cc1c(C(C)C)nc2c(c1NC(=O)N=S(N)(=O)c1cnn3c1OCC(N1CCC1)C3)CCC2. The molecule has 2 atom stereocenters. The lowest BCUT2D eigenvalue weighted by molar-refractivity contribution is 0.0417. The zero-order chi connectivity index (χ0) is 23.3. The highest BCUT2D eigenvalue weighted by Crippen LogP contribution is 2.35. The summed E-state index contributed by atoms with van der Waals surface area (Å²) in [6, 6.07) is -0.505. The second-order valence-corrected chi connectivity index (χ2v) is 11.1. The Morgan fingerprint density at radius 1 is 1.33 bits per heavy atom. The van der Waals surface area contributed by atoms with Gasteiger partial charge in [-0.2, -0.15) is 5.10 Å². The summed E-state index contributed by atoms with van der Waals surface area (Å²) in [5.74, 6) is 0.553. The summed E-state index contributed by atoms with van der Waals surface area (Å²) in [6.07, 6.45) is 5.32. The monoisotopic (exact) mass is 473 g/mol. The molecule has 0 radical (unpaired) electrons. The molecule has 1 saturated heterocycles. The maximum Gasteiger partial charge on any atom is 0.354 e. The van der Waals surface area contributed by atoms with Crippen LogP contribution < -0.4 is 15.2 Å². The molecule has 10 nitrogen and oxygen atoms in total. The molecule has 2 amide bonds. The van der Waals surface area contributed by atoms with Gasteiger partial charge in [0, 0.05) is 11.4 Å². The third-order valence-electron chi connectivity index (χ3n) is 6.78. The number of urea groups is 1. The molecule has 0 saturated carbocycles. The second-order valence-electron chi connectivity index (χ2n) is 9.37. The van der Waals surface area contributed by atoms with E-state index in [1.165, 1.54) is 12.6 Å². The van der Waals surface area contributed by atoms with E-state index in [0.717, 1.165) is 60.6 Å². The van der Waals surface area contributed by atoms with Crippen molar-refractivity contribution in [2.45, 2.75) is 69.9 Å². The van der Waals surface area contributed by atoms with Gasteiger partial charge in [0.15, 0.2) is 9.92 Å². The summed E-state index contributed by atoms with van der Waals surface area (Å²) >= 11 is 0. The lowest BCUT2D eigenvalue weighted by Crippen LogP contribution is -2.51. The Morgan fingerprint density at radius 2 is 2.12 bits per heavy atom. The topological polar surface area (TPSA) is 128 Å². The largest absolute Gasteiger partial charge is 0.475 e. The van der Waals surface area contributed by atoms with Crippen LogP contribution in [0.15, 0.2) is 15.5 Å². The van der Waals surface area contributed by atoms with Crippen molar-refractivity contribution in [3.8, 4) is 5.88 Å². The van der Waals surface area contributed by atoms with E-state index in [0.29, 0.717) is 19.0 Å². The van der Waals surface area contributed by atoms with Crippen LogP contribution in [0, 0.1) is 6.92 Å². The van der Waals surface area contributed by atoms with Gasteiger partial charge in [0.1, 0.15) is 11.5 Å². The number of ether oxygens (including phenoxy) is 1. The van der Waals surface area contributed by atoms with E-state index in [1.54, 1.807) is 4.68 Å². The zero-order valence-electron chi connectivity index (χ0n) is 19.3. The smallest absolute Gasteiger partial charge is 0.354 e. The number of pyridine rings is 1. The van der Waals surface area contributed by atoms with Crippen molar-refractivity contribution in [1.29, 1.82) is 0 Å². The normalized spacial score (nSPS) is 21.5. The molecule has 4 heterocycles. The summed E-state index contributed by atoms with van der Waals surface area (Å²) in [6.45, 7) is 9.32. The number of anilines is 1. The van der Waals surface area contributed by atoms with Crippen LogP contribution in [0.5, 0.6) is 5.88 Å². The Kier molecular flexibility index (Phi) is 5.66. The Labute approximate surface area is 194 Å². The lowest BCUT2D eigenvalue weighted by Gasteiger charge is -2.40. The number of rotatable bonds is 4. The zero-order valence-corrected chi connectivity index (χ0v) is 20.2. The molecular formula is C22H31N7O3S. The maximum absolute atomic E-state index is 13.3. The van der Waals surface area contributed by atoms with Crippen molar-refractivity contribution in [2.24, 2.45) is 9.50 Å². The van der Waals surface area contributed by atoms with Crippen molar-refractivity contribution in [2.75, 3.05) is 25.0 Å². The molecule has 33 heavy (non-hydrogen) atoms. The van der Waals surface area contributed by atoms with Crippen LogP contribution in [0.2, 0.25) is 0 Å². The summed E-state index contributed by atoms with van der Waals surface area (Å²) in [4.78, 5) is 20.2. The number of aryl methyl sites for hydroxylation is 1. The van der Waals surface area contributed by atoms with Crippen LogP contribution in [0.25, 0.3) is 0 Å². The first-order valence-corrected chi connectivity index (χ1v) is 13.1. The molecule has 0 bridgehead atoms. The van der Waals surface area contributed by atoms with Gasteiger partial charge in [0.05, 0.1) is 24.5 Å². The number of nitrogens with zero attached hydrogens (tertiary/aromatic N) is 5. The predicted molar refractivity (Wildman–Crippen MR) is 125 cm³/mol. The van der Waals surface area contributed by atoms with E-state index in [-0.39, 0.29) is 16.9 Å². The fourth-order valence-corrected chi connectivity index (χ4v) is 5.93. The van der Waals surface area contributed by atoms with E-state index in [9.17, 15) is 9.00 Å². The van der Waals surface area contributed by atoms with Crippen molar-refractivity contribution in [3.05, 3.63) is 28.7 Å². The fourth-order valence-electron chi connectivity index (χ4n) is 4.92. The second kappa shape index (κ2) is 8.37. The standard InChI is InChI=1S/C22H31N7O3S/c1-13(2)19-14(3)20(16-6-4-7-17(16)25-19)26-22(30)27-33(23,31)18-10-24-29-11-15(12-32-21(18)29)28-8-5-9-28/h10,13,15H,4-9,11-12H2,1-3H3,(H3,23,25,26,27,30,31). The van der Waals surface area contributed by atoms with Gasteiger partial charge < -0.3 is 10.1 Å². The van der Waals surface area contributed by atoms with Crippen LogP contribution in [0.3, 0.4) is 0 Å². The Bertz CT molecular complexity index is 1230.